The molecule has 1 amide bonds. The van der Waals surface area contributed by atoms with Gasteiger partial charge < -0.3 is 9.84 Å². The van der Waals surface area contributed by atoms with Crippen LogP contribution < -0.4 is 10.9 Å². The van der Waals surface area contributed by atoms with Crippen molar-refractivity contribution >= 4 is 33.3 Å². The molecule has 1 N–H and O–H groups in total. The molecule has 8 heteroatoms. The zero-order valence-corrected chi connectivity index (χ0v) is 16.2. The fraction of sp³-hybridized carbons (Fsp3) is 0.200. The molecule has 0 aliphatic heterocycles. The minimum absolute atomic E-state index is 0.128. The molecule has 3 aromatic heterocycles. The summed E-state index contributed by atoms with van der Waals surface area (Å²) in [4.78, 5) is 31.4. The Labute approximate surface area is 164 Å². The molecule has 0 unspecified atom stereocenters. The van der Waals surface area contributed by atoms with Crippen molar-refractivity contribution in [1.29, 1.82) is 0 Å². The van der Waals surface area contributed by atoms with Gasteiger partial charge in [0.15, 0.2) is 5.82 Å². The summed E-state index contributed by atoms with van der Waals surface area (Å²) in [6, 6.07) is 11.4. The van der Waals surface area contributed by atoms with Crippen LogP contribution in [0.2, 0.25) is 0 Å². The highest BCUT2D eigenvalue weighted by atomic mass is 32.1. The maximum atomic E-state index is 13.1. The number of rotatable bonds is 5. The molecule has 3 heterocycles. The van der Waals surface area contributed by atoms with E-state index in [2.05, 4.69) is 15.5 Å². The molecule has 0 bridgehead atoms. The van der Waals surface area contributed by atoms with Crippen LogP contribution in [-0.4, -0.2) is 20.6 Å². The average Bonchev–Trinajstić information content (AvgIpc) is 3.24. The molecule has 0 spiro atoms. The third-order valence-corrected chi connectivity index (χ3v) is 5.41. The Hall–Kier alpha value is -3.26. The summed E-state index contributed by atoms with van der Waals surface area (Å²) in [6.07, 6.45) is 1.63. The average molecular weight is 394 g/mol. The molecular weight excluding hydrogens is 376 g/mol. The minimum Gasteiger partial charge on any atom is -0.360 e. The number of nitrogens with zero attached hydrogens (tertiary/aromatic N) is 3. The molecule has 0 radical (unpaired) electrons. The summed E-state index contributed by atoms with van der Waals surface area (Å²) in [5.41, 5.74) is 1.76. The van der Waals surface area contributed by atoms with E-state index in [9.17, 15) is 9.59 Å². The second-order valence-corrected chi connectivity index (χ2v) is 7.65. The second kappa shape index (κ2) is 7.40. The molecule has 0 saturated heterocycles. The SMILES string of the molecule is Cc1cc(NC(=O)CCn2cnc3sc(C)c(-c4ccccc4)c3c2=O)no1. The number of fused-ring (bicyclic) bond motifs is 1. The number of carbonyl (C=O) groups is 1. The molecular formula is C20H18N4O3S. The standard InChI is InChI=1S/C20H18N4O3S/c1-12-10-15(23-27-12)22-16(25)8-9-24-11-21-19-18(20(24)26)17(13(2)28-19)14-6-4-3-5-7-14/h3-7,10-11H,8-9H2,1-2H3,(H,22,23,25). The van der Waals surface area contributed by atoms with Crippen molar-refractivity contribution in [1.82, 2.24) is 14.7 Å². The van der Waals surface area contributed by atoms with E-state index in [1.807, 2.05) is 37.3 Å². The quantitative estimate of drug-likeness (QED) is 0.557. The van der Waals surface area contributed by atoms with Crippen molar-refractivity contribution in [3.05, 3.63) is 63.7 Å². The maximum absolute atomic E-state index is 13.1. The molecule has 7 nitrogen and oxygen atoms in total. The summed E-state index contributed by atoms with van der Waals surface area (Å²) in [7, 11) is 0. The van der Waals surface area contributed by atoms with Crippen LogP contribution >= 0.6 is 11.3 Å². The van der Waals surface area contributed by atoms with Crippen molar-refractivity contribution in [2.45, 2.75) is 26.8 Å². The summed E-state index contributed by atoms with van der Waals surface area (Å²) in [5.74, 6) is 0.732. The Morgan fingerprint density at radius 2 is 2.04 bits per heavy atom. The van der Waals surface area contributed by atoms with Crippen LogP contribution in [0.3, 0.4) is 0 Å². The van der Waals surface area contributed by atoms with E-state index in [-0.39, 0.29) is 24.4 Å². The van der Waals surface area contributed by atoms with Gasteiger partial charge in [-0.25, -0.2) is 4.98 Å². The van der Waals surface area contributed by atoms with Crippen LogP contribution in [0, 0.1) is 13.8 Å². The highest BCUT2D eigenvalue weighted by Gasteiger charge is 2.17. The van der Waals surface area contributed by atoms with Crippen LogP contribution in [0.25, 0.3) is 21.3 Å². The fourth-order valence-electron chi connectivity index (χ4n) is 3.10. The third kappa shape index (κ3) is 3.46. The molecule has 4 aromatic rings. The van der Waals surface area contributed by atoms with Crippen LogP contribution in [0.5, 0.6) is 0 Å². The normalized spacial score (nSPS) is 11.1. The Bertz CT molecular complexity index is 1210. The smallest absolute Gasteiger partial charge is 0.262 e. The number of amides is 1. The first-order chi connectivity index (χ1) is 13.5. The topological polar surface area (TPSA) is 90.0 Å². The number of anilines is 1. The molecule has 0 aliphatic rings. The van der Waals surface area contributed by atoms with E-state index >= 15 is 0 Å². The van der Waals surface area contributed by atoms with E-state index in [0.29, 0.717) is 21.8 Å². The summed E-state index contributed by atoms with van der Waals surface area (Å²) < 4.78 is 6.40. The van der Waals surface area contributed by atoms with Gasteiger partial charge in [0, 0.05) is 29.5 Å². The molecule has 1 aromatic carbocycles. The number of benzene rings is 1. The van der Waals surface area contributed by atoms with Crippen molar-refractivity contribution in [3.63, 3.8) is 0 Å². The van der Waals surface area contributed by atoms with E-state index in [0.717, 1.165) is 16.0 Å². The Morgan fingerprint density at radius 3 is 2.75 bits per heavy atom. The Balaban J connectivity index is 1.61. The van der Waals surface area contributed by atoms with Gasteiger partial charge in [-0.1, -0.05) is 35.5 Å². The lowest BCUT2D eigenvalue weighted by molar-refractivity contribution is -0.116. The molecule has 0 fully saturated rings. The van der Waals surface area contributed by atoms with Crippen LogP contribution in [0.15, 0.2) is 52.0 Å². The first-order valence-corrected chi connectivity index (χ1v) is 9.61. The van der Waals surface area contributed by atoms with Crippen molar-refractivity contribution in [3.8, 4) is 11.1 Å². The van der Waals surface area contributed by atoms with Crippen molar-refractivity contribution in [2.75, 3.05) is 5.32 Å². The number of aryl methyl sites for hydroxylation is 3. The number of aromatic nitrogens is 3. The molecule has 0 atom stereocenters. The largest absolute Gasteiger partial charge is 0.360 e. The number of hydrogen-bond acceptors (Lipinski definition) is 6. The van der Waals surface area contributed by atoms with Crippen LogP contribution in [0.1, 0.15) is 17.1 Å². The number of carbonyl (C=O) groups excluding carboxylic acids is 1. The van der Waals surface area contributed by atoms with Gasteiger partial charge >= 0.3 is 0 Å². The third-order valence-electron chi connectivity index (χ3n) is 4.39. The number of nitrogens with one attached hydrogen (secondary N) is 1. The summed E-state index contributed by atoms with van der Waals surface area (Å²) in [6.45, 7) is 3.97. The van der Waals surface area contributed by atoms with Gasteiger partial charge in [-0.3, -0.25) is 14.2 Å². The minimum atomic E-state index is -0.245. The summed E-state index contributed by atoms with van der Waals surface area (Å²) in [5, 5.41) is 6.98. The molecule has 28 heavy (non-hydrogen) atoms. The number of thiophene rings is 1. The van der Waals surface area contributed by atoms with Crippen LogP contribution in [0.4, 0.5) is 5.82 Å². The predicted octanol–water partition coefficient (Wildman–Crippen LogP) is 3.76. The van der Waals surface area contributed by atoms with Crippen molar-refractivity contribution in [2.24, 2.45) is 0 Å². The van der Waals surface area contributed by atoms with Gasteiger partial charge in [-0.05, 0) is 19.4 Å². The van der Waals surface area contributed by atoms with Gasteiger partial charge in [-0.2, -0.15) is 0 Å². The van der Waals surface area contributed by atoms with Gasteiger partial charge in [-0.15, -0.1) is 11.3 Å². The van der Waals surface area contributed by atoms with E-state index in [1.54, 1.807) is 13.0 Å². The van der Waals surface area contributed by atoms with Gasteiger partial charge in [0.2, 0.25) is 5.91 Å². The first-order valence-electron chi connectivity index (χ1n) is 8.80. The van der Waals surface area contributed by atoms with Gasteiger partial charge in [0.05, 0.1) is 11.7 Å². The number of hydrogen-bond donors (Lipinski definition) is 1. The Kier molecular flexibility index (Phi) is 4.79. The maximum Gasteiger partial charge on any atom is 0.262 e. The monoisotopic (exact) mass is 394 g/mol. The zero-order valence-electron chi connectivity index (χ0n) is 15.4. The highest BCUT2D eigenvalue weighted by molar-refractivity contribution is 7.19. The second-order valence-electron chi connectivity index (χ2n) is 6.44. The lowest BCUT2D eigenvalue weighted by Crippen LogP contribution is -2.23. The van der Waals surface area contributed by atoms with E-state index in [1.165, 1.54) is 22.2 Å². The van der Waals surface area contributed by atoms with Gasteiger partial charge in [0.1, 0.15) is 10.6 Å². The lowest BCUT2D eigenvalue weighted by Gasteiger charge is -2.06. The molecule has 142 valence electrons. The first kappa shape index (κ1) is 18.1. The Morgan fingerprint density at radius 1 is 1.25 bits per heavy atom. The fourth-order valence-corrected chi connectivity index (χ4v) is 4.11. The summed E-state index contributed by atoms with van der Waals surface area (Å²) >= 11 is 1.50. The molecule has 4 rings (SSSR count). The van der Waals surface area contributed by atoms with E-state index in [4.69, 9.17) is 4.52 Å². The molecule has 0 aliphatic carbocycles. The van der Waals surface area contributed by atoms with Gasteiger partial charge in [0.25, 0.3) is 5.56 Å². The molecule has 0 saturated carbocycles. The predicted molar refractivity (Wildman–Crippen MR) is 109 cm³/mol. The van der Waals surface area contributed by atoms with Crippen molar-refractivity contribution < 1.29 is 9.32 Å². The highest BCUT2D eigenvalue weighted by Crippen LogP contribution is 2.35. The lowest BCUT2D eigenvalue weighted by atomic mass is 10.0. The van der Waals surface area contributed by atoms with E-state index < -0.39 is 0 Å². The van der Waals surface area contributed by atoms with Crippen LogP contribution in [-0.2, 0) is 11.3 Å². The zero-order chi connectivity index (χ0) is 19.7.